The summed E-state index contributed by atoms with van der Waals surface area (Å²) in [6, 6.07) is 85.0. The van der Waals surface area contributed by atoms with Gasteiger partial charge in [-0.25, -0.2) is 0 Å². The third-order valence-electron chi connectivity index (χ3n) is 9.82. The quantitative estimate of drug-likeness (QED) is 0.0392. The molecule has 4 unspecified atom stereocenters. The SMILES string of the molecule is CC.CC.CC.CC.CC.CC.CC.CC.CC.CC.CC.CC.CC.CC.C[CH+]S(C)(C)C(C)=O.C[S+](c1ccccc1)c1ccccc1.C[S+](c1ccccc1)c1ccccc1.[2H]P[S+](P[B])PC.c1ccc(Cc2ccccc2)cc1.c1ccc([I+]c2ccccc2)cc1. The predicted molar refractivity (Wildman–Crippen MR) is 476 cm³/mol. The summed E-state index contributed by atoms with van der Waals surface area (Å²) >= 11 is 0.0287. The molecule has 0 spiro atoms. The largest absolute Gasteiger partial charge is 0.357 e. The van der Waals surface area contributed by atoms with Crippen molar-refractivity contribution in [2.24, 2.45) is 0 Å². The Morgan fingerprint density at radius 1 is 0.396 bits per heavy atom. The van der Waals surface area contributed by atoms with Gasteiger partial charge in [-0.3, -0.25) is 4.79 Å². The van der Waals surface area contributed by atoms with Crippen LogP contribution in [0.5, 0.6) is 0 Å². The van der Waals surface area contributed by atoms with Crippen molar-refractivity contribution in [1.82, 2.24) is 0 Å². The maximum absolute atomic E-state index is 10.7. The molecule has 0 aromatic heterocycles. The van der Waals surface area contributed by atoms with Gasteiger partial charge >= 0.3 is 21.2 Å². The summed E-state index contributed by atoms with van der Waals surface area (Å²) in [5, 5.41) is 0.306. The van der Waals surface area contributed by atoms with Gasteiger partial charge in [0.05, 0.1) is 37.1 Å². The molecular weight excluding hydrogens is 1410 g/mol. The lowest BCUT2D eigenvalue weighted by Crippen LogP contribution is -3.61. The molecule has 0 saturated heterocycles. The zero-order valence-corrected chi connectivity index (χ0v) is 76.8. The highest BCUT2D eigenvalue weighted by Crippen LogP contribution is 2.43. The van der Waals surface area contributed by atoms with E-state index in [1.165, 1.54) is 37.8 Å². The van der Waals surface area contributed by atoms with Gasteiger partial charge in [0, 0.05) is 43.5 Å². The summed E-state index contributed by atoms with van der Waals surface area (Å²) in [4.78, 5) is 16.3. The number of benzene rings is 8. The molecule has 0 aliphatic carbocycles. The van der Waals surface area contributed by atoms with E-state index in [0.717, 1.165) is 14.2 Å². The molecule has 0 aliphatic heterocycles. The molecule has 2 radical (unpaired) electrons. The highest BCUT2D eigenvalue weighted by molar-refractivity contribution is 8.96. The second-order valence-corrected chi connectivity index (χ2v) is 36.2. The monoisotopic (exact) mass is 1560 g/mol. The number of carbonyl (C=O) groups is 1. The molecule has 0 amide bonds. The molecule has 0 bridgehead atoms. The van der Waals surface area contributed by atoms with Crippen molar-refractivity contribution in [3.8, 4) is 0 Å². The van der Waals surface area contributed by atoms with Crippen molar-refractivity contribution in [3.63, 3.8) is 0 Å². The maximum atomic E-state index is 10.7. The summed E-state index contributed by atoms with van der Waals surface area (Å²) in [6.07, 6.45) is 9.56. The van der Waals surface area contributed by atoms with Crippen LogP contribution in [-0.2, 0) is 42.8 Å². The summed E-state index contributed by atoms with van der Waals surface area (Å²) in [7, 11) is 6.75. The zero-order valence-electron chi connectivity index (χ0n) is 69.4. The minimum atomic E-state index is -1.00. The molecule has 10 heteroatoms. The first kappa shape index (κ1) is 117. The number of rotatable bonds is 12. The Hall–Kier alpha value is -3.22. The van der Waals surface area contributed by atoms with E-state index in [0.29, 0.717) is 21.2 Å². The average Bonchev–Trinajstić information content (AvgIpc) is 1.35. The molecule has 0 fully saturated rings. The minimum absolute atomic E-state index is 0.0287. The first-order valence-corrected chi connectivity index (χ1v) is 50.4. The Morgan fingerprint density at radius 3 is 0.719 bits per heavy atom. The second kappa shape index (κ2) is 108. The second-order valence-electron chi connectivity index (χ2n) is 14.9. The molecule has 0 saturated carbocycles. The lowest BCUT2D eigenvalue weighted by Gasteiger charge is -2.14. The highest BCUT2D eigenvalue weighted by atomic mass is 127. The van der Waals surface area contributed by atoms with Crippen molar-refractivity contribution in [2.45, 2.75) is 234 Å². The van der Waals surface area contributed by atoms with E-state index in [2.05, 4.69) is 262 Å². The van der Waals surface area contributed by atoms with E-state index in [9.17, 15) is 4.79 Å². The topological polar surface area (TPSA) is 17.1 Å². The van der Waals surface area contributed by atoms with Crippen LogP contribution in [0.15, 0.2) is 262 Å². The van der Waals surface area contributed by atoms with Gasteiger partial charge in [0.15, 0.2) is 34.3 Å². The van der Waals surface area contributed by atoms with Crippen LogP contribution in [0, 0.1) is 12.9 Å². The van der Waals surface area contributed by atoms with Crippen LogP contribution in [0.1, 0.15) is 219 Å². The van der Waals surface area contributed by atoms with E-state index in [-0.39, 0.29) is 52.7 Å². The standard InChI is InChI=1S/2C13H13S.C13H12.C12H10I.C6H13OS.14C2H6.CH7BP3S/c2*1-14(12-8-4-2-5-9-12)13-10-6-3-7-11-13;1-3-7-12(8-4-1)11-13-9-5-2-6-10-13;1-3-7-11(8-4-1)13-12-9-5-2-6-10-12;1-5-8(3,4)6(2)7;14*1-2;1-4-6(3)5-2/h2*2-11H,1H3;1-10H,11H2;1-10H;5H,1-4H3;14*1-2H3;4-5H,3H2,1H3/q2*+1;;2*+1;;;;;;;;;;;;;;;+1/i;;;;;;;;;;;;;;;;;;;3D. The Bertz CT molecular complexity index is 2160. The van der Waals surface area contributed by atoms with Crippen LogP contribution in [0.25, 0.3) is 0 Å². The van der Waals surface area contributed by atoms with Gasteiger partial charge in [-0.05, 0) is 100 Å². The van der Waals surface area contributed by atoms with Crippen molar-refractivity contribution < 1.29 is 26.0 Å². The van der Waals surface area contributed by atoms with E-state index in [1.807, 2.05) is 219 Å². The molecular formula is C86H152BIOP3S4+5. The van der Waals surface area contributed by atoms with Gasteiger partial charge in [-0.2, -0.15) is 0 Å². The lowest BCUT2D eigenvalue weighted by atomic mass is 10.1. The van der Waals surface area contributed by atoms with Crippen molar-refractivity contribution in [2.75, 3.05) is 31.7 Å². The van der Waals surface area contributed by atoms with E-state index >= 15 is 0 Å². The van der Waals surface area contributed by atoms with Crippen LogP contribution in [-0.4, -0.2) is 45.6 Å². The number of hydrogen-bond acceptors (Lipinski definition) is 1. The lowest BCUT2D eigenvalue weighted by molar-refractivity contribution is -0.597. The predicted octanol–water partition coefficient (Wildman–Crippen LogP) is 27.2. The Balaban J connectivity index is -0.0000000839. The maximum Gasteiger partial charge on any atom is 0.357 e. The van der Waals surface area contributed by atoms with Gasteiger partial charge in [0.2, 0.25) is 5.12 Å². The van der Waals surface area contributed by atoms with Crippen LogP contribution in [0.2, 0.25) is 0 Å². The van der Waals surface area contributed by atoms with Crippen molar-refractivity contribution in [3.05, 3.63) is 267 Å². The van der Waals surface area contributed by atoms with Gasteiger partial charge in [0.1, 0.15) is 27.3 Å². The van der Waals surface area contributed by atoms with Crippen molar-refractivity contribution >= 4 is 78.1 Å². The van der Waals surface area contributed by atoms with E-state index in [1.54, 1.807) is 6.92 Å². The van der Waals surface area contributed by atoms with Gasteiger partial charge in [-0.15, -0.1) is 0 Å². The normalized spacial score (nSPS) is 9.07. The number of carbonyl (C=O) groups excluding carboxylic acids is 1. The van der Waals surface area contributed by atoms with Crippen LogP contribution >= 0.6 is 33.9 Å². The van der Waals surface area contributed by atoms with Crippen LogP contribution < -0.4 is 21.2 Å². The molecule has 96 heavy (non-hydrogen) atoms. The molecule has 0 N–H and O–H groups in total. The van der Waals surface area contributed by atoms with Gasteiger partial charge in [0.25, 0.3) is 0 Å². The van der Waals surface area contributed by atoms with Crippen molar-refractivity contribution in [1.29, 1.82) is 1.28 Å². The molecule has 1 nitrogen and oxygen atoms in total. The van der Waals surface area contributed by atoms with Crippen LogP contribution in [0.4, 0.5) is 0 Å². The molecule has 0 heterocycles. The average molecular weight is 1560 g/mol. The minimum Gasteiger partial charge on any atom is -0.285 e. The van der Waals surface area contributed by atoms with E-state index < -0.39 is 10.0 Å². The molecule has 4 atom stereocenters. The molecule has 546 valence electrons. The fraction of sp³-hybridized carbons (Fsp3) is 0.419. The third kappa shape index (κ3) is 76.5. The summed E-state index contributed by atoms with van der Waals surface area (Å²) in [6.45, 7) is 61.7. The van der Waals surface area contributed by atoms with E-state index in [4.69, 9.17) is 8.84 Å². The van der Waals surface area contributed by atoms with Gasteiger partial charge < -0.3 is 0 Å². The Kier molecular flexibility index (Phi) is 131. The Labute approximate surface area is 631 Å². The molecule has 8 aromatic rings. The summed E-state index contributed by atoms with van der Waals surface area (Å²) in [5.74, 6) is 2.00. The fourth-order valence-corrected chi connectivity index (χ4v) is 12.4. The number of halogens is 1. The first-order chi connectivity index (χ1) is 47.5. The highest BCUT2D eigenvalue weighted by Gasteiger charge is 2.22. The molecule has 0 aliphatic rings. The number of hydrogen-bond donors (Lipinski definition) is 0. The summed E-state index contributed by atoms with van der Waals surface area (Å²) < 4.78 is 9.89. The zero-order chi connectivity index (χ0) is 78.0. The van der Waals surface area contributed by atoms with Crippen LogP contribution in [0.3, 0.4) is 0 Å². The third-order valence-corrected chi connectivity index (χ3v) is 27.5. The Morgan fingerprint density at radius 2 is 0.583 bits per heavy atom. The van der Waals surface area contributed by atoms with Gasteiger partial charge in [-0.1, -0.05) is 364 Å². The molecule has 8 rings (SSSR count). The fourth-order valence-electron chi connectivity index (χ4n) is 5.50. The molecule has 8 aromatic carbocycles. The smallest absolute Gasteiger partial charge is 0.285 e. The first-order valence-electron chi connectivity index (χ1n) is 36.4. The summed E-state index contributed by atoms with van der Waals surface area (Å²) in [5.41, 5.74) is 2.74.